The zero-order valence-corrected chi connectivity index (χ0v) is 20.0. The Hall–Kier alpha value is -3.45. The third-order valence-corrected chi connectivity index (χ3v) is 6.38. The van der Waals surface area contributed by atoms with E-state index >= 15 is 0 Å². The molecule has 1 fully saturated rings. The molecule has 2 atom stereocenters. The summed E-state index contributed by atoms with van der Waals surface area (Å²) in [6, 6.07) is 19.3. The van der Waals surface area contributed by atoms with Gasteiger partial charge in [0.15, 0.2) is 5.65 Å². The Morgan fingerprint density at radius 2 is 1.79 bits per heavy atom. The molecule has 2 N–H and O–H groups in total. The summed E-state index contributed by atoms with van der Waals surface area (Å²) in [5.41, 5.74) is 5.44. The fraction of sp³-hybridized carbons (Fsp3) is 0.370. The molecular weight excluding hydrogens is 424 g/mol. The first-order chi connectivity index (χ1) is 16.6. The van der Waals surface area contributed by atoms with Crippen LogP contribution in [-0.4, -0.2) is 38.8 Å². The highest BCUT2D eigenvalue weighted by Crippen LogP contribution is 2.31. The predicted octanol–water partition coefficient (Wildman–Crippen LogP) is 5.22. The van der Waals surface area contributed by atoms with Gasteiger partial charge in [-0.2, -0.15) is 19.6 Å². The minimum Gasteiger partial charge on any atom is -0.459 e. The molecule has 1 aliphatic heterocycles. The van der Waals surface area contributed by atoms with Crippen LogP contribution in [0, 0.1) is 0 Å². The molecule has 0 spiro atoms. The van der Waals surface area contributed by atoms with Gasteiger partial charge in [0.2, 0.25) is 5.95 Å². The molecule has 0 radical (unpaired) electrons. The average molecular weight is 457 g/mol. The number of piperidine rings is 1. The summed E-state index contributed by atoms with van der Waals surface area (Å²) in [6.07, 6.45) is 4.05. The van der Waals surface area contributed by atoms with E-state index in [9.17, 15) is 0 Å². The van der Waals surface area contributed by atoms with Gasteiger partial charge in [0.1, 0.15) is 6.10 Å². The van der Waals surface area contributed by atoms with Crippen molar-refractivity contribution >= 4 is 11.6 Å². The molecule has 7 heteroatoms. The van der Waals surface area contributed by atoms with Crippen molar-refractivity contribution in [2.75, 3.05) is 18.4 Å². The number of ether oxygens (including phenoxy) is 1. The highest BCUT2D eigenvalue weighted by Gasteiger charge is 2.21. The van der Waals surface area contributed by atoms with Gasteiger partial charge in [0.25, 0.3) is 0 Å². The van der Waals surface area contributed by atoms with E-state index in [0.717, 1.165) is 37.1 Å². The first-order valence-corrected chi connectivity index (χ1v) is 12.1. The molecule has 0 amide bonds. The monoisotopic (exact) mass is 456 g/mol. The van der Waals surface area contributed by atoms with Crippen LogP contribution in [0.5, 0.6) is 6.01 Å². The Bertz CT molecular complexity index is 1250. The van der Waals surface area contributed by atoms with Crippen LogP contribution in [0.3, 0.4) is 0 Å². The molecule has 0 aliphatic carbocycles. The normalized spacial score (nSPS) is 17.1. The molecule has 2 unspecified atom stereocenters. The largest absolute Gasteiger partial charge is 0.459 e. The number of aromatic nitrogens is 4. The second-order valence-corrected chi connectivity index (χ2v) is 9.23. The number of nitrogens with one attached hydrogen (secondary N) is 2. The van der Waals surface area contributed by atoms with Crippen LogP contribution >= 0.6 is 0 Å². The van der Waals surface area contributed by atoms with Gasteiger partial charge in [0, 0.05) is 12.1 Å². The number of hydrogen-bond donors (Lipinski definition) is 2. The van der Waals surface area contributed by atoms with Gasteiger partial charge in [-0.05, 0) is 48.9 Å². The molecular formula is C27H32N6O. The highest BCUT2D eigenvalue weighted by atomic mass is 16.5. The number of hydrogen-bond acceptors (Lipinski definition) is 6. The molecule has 2 aromatic heterocycles. The van der Waals surface area contributed by atoms with Crippen LogP contribution in [0.15, 0.2) is 60.8 Å². The second kappa shape index (κ2) is 9.81. The van der Waals surface area contributed by atoms with Gasteiger partial charge in [-0.3, -0.25) is 0 Å². The van der Waals surface area contributed by atoms with Crippen LogP contribution in [0.1, 0.15) is 56.7 Å². The summed E-state index contributed by atoms with van der Waals surface area (Å²) < 4.78 is 8.02. The lowest BCUT2D eigenvalue weighted by atomic mass is 9.96. The minimum absolute atomic E-state index is 0.00889. The van der Waals surface area contributed by atoms with Gasteiger partial charge in [-0.15, -0.1) is 0 Å². The summed E-state index contributed by atoms with van der Waals surface area (Å²) in [5, 5.41) is 11.6. The first kappa shape index (κ1) is 22.3. The molecule has 1 aliphatic rings. The summed E-state index contributed by atoms with van der Waals surface area (Å²) in [4.78, 5) is 9.52. The van der Waals surface area contributed by atoms with Crippen molar-refractivity contribution in [1.82, 2.24) is 24.9 Å². The Morgan fingerprint density at radius 3 is 2.56 bits per heavy atom. The zero-order chi connectivity index (χ0) is 23.5. The van der Waals surface area contributed by atoms with Crippen molar-refractivity contribution in [3.8, 4) is 17.1 Å². The third kappa shape index (κ3) is 4.61. The standard InChI is InChI=1S/C27H32N6O/c1-18(2)24-17-29-33-25(24)31-27(34-21-12-9-15-28-16-21)32-26(33)30-19(3)22-13-7-8-14-23(22)20-10-5-4-6-11-20/h4-8,10-11,13-14,17-19,21,28H,9,12,15-16H2,1-3H3,(H,30,31,32). The maximum atomic E-state index is 6.22. The average Bonchev–Trinajstić information content (AvgIpc) is 3.30. The van der Waals surface area contributed by atoms with E-state index in [0.29, 0.717) is 17.9 Å². The summed E-state index contributed by atoms with van der Waals surface area (Å²) in [7, 11) is 0. The lowest BCUT2D eigenvalue weighted by Gasteiger charge is -2.23. The Labute approximate surface area is 200 Å². The Morgan fingerprint density at radius 1 is 1.00 bits per heavy atom. The van der Waals surface area contributed by atoms with E-state index < -0.39 is 0 Å². The SMILES string of the molecule is CC(C)c1cnn2c(NC(C)c3ccccc3-c3ccccc3)nc(OC3CCCNC3)nc12. The van der Waals surface area contributed by atoms with Crippen molar-refractivity contribution in [3.63, 3.8) is 0 Å². The molecule has 1 saturated heterocycles. The number of nitrogens with zero attached hydrogens (tertiary/aromatic N) is 4. The topological polar surface area (TPSA) is 76.4 Å². The maximum absolute atomic E-state index is 6.22. The van der Waals surface area contributed by atoms with E-state index in [4.69, 9.17) is 14.7 Å². The van der Waals surface area contributed by atoms with Crippen LogP contribution in [0.25, 0.3) is 16.8 Å². The molecule has 0 saturated carbocycles. The van der Waals surface area contributed by atoms with E-state index in [2.05, 4.69) is 85.0 Å². The molecule has 7 nitrogen and oxygen atoms in total. The minimum atomic E-state index is -0.00889. The van der Waals surface area contributed by atoms with E-state index in [1.54, 1.807) is 4.52 Å². The van der Waals surface area contributed by atoms with Crippen molar-refractivity contribution in [2.24, 2.45) is 0 Å². The third-order valence-electron chi connectivity index (χ3n) is 6.38. The molecule has 3 heterocycles. The van der Waals surface area contributed by atoms with Crippen molar-refractivity contribution < 1.29 is 4.74 Å². The summed E-state index contributed by atoms with van der Waals surface area (Å²) in [5.74, 6) is 0.923. The molecule has 5 rings (SSSR count). The van der Waals surface area contributed by atoms with Gasteiger partial charge < -0.3 is 15.4 Å². The van der Waals surface area contributed by atoms with Crippen molar-refractivity contribution in [1.29, 1.82) is 0 Å². The predicted molar refractivity (Wildman–Crippen MR) is 135 cm³/mol. The van der Waals surface area contributed by atoms with Crippen LogP contribution < -0.4 is 15.4 Å². The second-order valence-electron chi connectivity index (χ2n) is 9.23. The summed E-state index contributed by atoms with van der Waals surface area (Å²) >= 11 is 0. The quantitative estimate of drug-likeness (QED) is 0.397. The fourth-order valence-electron chi connectivity index (χ4n) is 4.52. The van der Waals surface area contributed by atoms with Gasteiger partial charge in [-0.25, -0.2) is 0 Å². The first-order valence-electron chi connectivity index (χ1n) is 12.1. The molecule has 2 aromatic carbocycles. The van der Waals surface area contributed by atoms with Gasteiger partial charge in [0.05, 0.1) is 12.2 Å². The van der Waals surface area contributed by atoms with Gasteiger partial charge in [-0.1, -0.05) is 68.4 Å². The van der Waals surface area contributed by atoms with Crippen LogP contribution in [-0.2, 0) is 0 Å². The number of fused-ring (bicyclic) bond motifs is 1. The lowest BCUT2D eigenvalue weighted by molar-refractivity contribution is 0.153. The zero-order valence-electron chi connectivity index (χ0n) is 20.0. The van der Waals surface area contributed by atoms with Crippen LogP contribution in [0.2, 0.25) is 0 Å². The van der Waals surface area contributed by atoms with E-state index in [1.165, 1.54) is 16.7 Å². The Balaban J connectivity index is 1.51. The van der Waals surface area contributed by atoms with Crippen molar-refractivity contribution in [2.45, 2.75) is 51.7 Å². The number of anilines is 1. The molecule has 0 bridgehead atoms. The number of benzene rings is 2. The molecule has 34 heavy (non-hydrogen) atoms. The van der Waals surface area contributed by atoms with Crippen molar-refractivity contribution in [3.05, 3.63) is 71.9 Å². The smallest absolute Gasteiger partial charge is 0.322 e. The summed E-state index contributed by atoms with van der Waals surface area (Å²) in [6.45, 7) is 8.29. The highest BCUT2D eigenvalue weighted by molar-refractivity contribution is 5.68. The van der Waals surface area contributed by atoms with E-state index in [1.807, 2.05) is 12.3 Å². The van der Waals surface area contributed by atoms with Gasteiger partial charge >= 0.3 is 6.01 Å². The molecule has 4 aromatic rings. The fourth-order valence-corrected chi connectivity index (χ4v) is 4.52. The Kier molecular flexibility index (Phi) is 6.45. The van der Waals surface area contributed by atoms with Crippen LogP contribution in [0.4, 0.5) is 5.95 Å². The van der Waals surface area contributed by atoms with E-state index in [-0.39, 0.29) is 12.1 Å². The number of rotatable bonds is 7. The lowest BCUT2D eigenvalue weighted by Crippen LogP contribution is -2.37. The maximum Gasteiger partial charge on any atom is 0.322 e. The molecule has 176 valence electrons.